The number of nitrogens with zero attached hydrogens (tertiary/aromatic N) is 4. The quantitative estimate of drug-likeness (QED) is 0.832. The highest BCUT2D eigenvalue weighted by Gasteiger charge is 2.29. The molecule has 3 rings (SSSR count). The average Bonchev–Trinajstić information content (AvgIpc) is 3.24. The molecule has 1 amide bonds. The van der Waals surface area contributed by atoms with E-state index < -0.39 is 0 Å². The van der Waals surface area contributed by atoms with Crippen molar-refractivity contribution in [3.05, 3.63) is 41.8 Å². The number of carbonyl (C=O) groups is 1. The Labute approximate surface area is 148 Å². The summed E-state index contributed by atoms with van der Waals surface area (Å²) in [5.41, 5.74) is 1.05. The summed E-state index contributed by atoms with van der Waals surface area (Å²) in [6.45, 7) is 6.99. The van der Waals surface area contributed by atoms with Gasteiger partial charge in [-0.15, -0.1) is 0 Å². The maximum absolute atomic E-state index is 12.6. The molecule has 0 saturated carbocycles. The standard InChI is InChI=1S/C19H26N4O2/c1-19(2,3)18-21-16(25-22-18)7-4-8-17(24)23-13-5-6-15(23)14-9-11-20-12-10-14/h9-12,15H,4-8,13H2,1-3H3/t15-/m1/s1. The number of hydrogen-bond acceptors (Lipinski definition) is 5. The molecule has 1 fully saturated rings. The molecule has 0 N–H and O–H groups in total. The number of carbonyl (C=O) groups excluding carboxylic acids is 1. The molecule has 3 heterocycles. The van der Waals surface area contributed by atoms with E-state index in [-0.39, 0.29) is 17.4 Å². The van der Waals surface area contributed by atoms with Crippen molar-refractivity contribution in [1.82, 2.24) is 20.0 Å². The van der Waals surface area contributed by atoms with Crippen LogP contribution in [0.1, 0.15) is 69.8 Å². The minimum atomic E-state index is -0.120. The Kier molecular flexibility index (Phi) is 5.16. The van der Waals surface area contributed by atoms with Crippen LogP contribution >= 0.6 is 0 Å². The average molecular weight is 342 g/mol. The Morgan fingerprint density at radius 1 is 1.32 bits per heavy atom. The predicted octanol–water partition coefficient (Wildman–Crippen LogP) is 3.45. The van der Waals surface area contributed by atoms with E-state index in [0.29, 0.717) is 24.6 Å². The van der Waals surface area contributed by atoms with Crippen molar-refractivity contribution >= 4 is 5.91 Å². The van der Waals surface area contributed by atoms with Crippen molar-refractivity contribution in [1.29, 1.82) is 0 Å². The highest BCUT2D eigenvalue weighted by molar-refractivity contribution is 5.77. The van der Waals surface area contributed by atoms with Crippen molar-refractivity contribution in [3.63, 3.8) is 0 Å². The van der Waals surface area contributed by atoms with Gasteiger partial charge in [0.2, 0.25) is 11.8 Å². The number of likely N-dealkylation sites (tertiary alicyclic amines) is 1. The molecule has 25 heavy (non-hydrogen) atoms. The molecular formula is C19H26N4O2. The number of aromatic nitrogens is 3. The molecule has 0 spiro atoms. The molecule has 6 nitrogen and oxygen atoms in total. The van der Waals surface area contributed by atoms with Gasteiger partial charge in [0.05, 0.1) is 6.04 Å². The van der Waals surface area contributed by atoms with Gasteiger partial charge in [-0.1, -0.05) is 25.9 Å². The number of pyridine rings is 1. The third kappa shape index (κ3) is 4.24. The smallest absolute Gasteiger partial charge is 0.226 e. The minimum Gasteiger partial charge on any atom is -0.339 e. The fourth-order valence-corrected chi connectivity index (χ4v) is 3.19. The molecule has 0 aromatic carbocycles. The maximum Gasteiger partial charge on any atom is 0.226 e. The van der Waals surface area contributed by atoms with E-state index in [2.05, 4.69) is 35.9 Å². The molecule has 1 aliphatic heterocycles. The van der Waals surface area contributed by atoms with Crippen molar-refractivity contribution < 1.29 is 9.32 Å². The van der Waals surface area contributed by atoms with Crippen LogP contribution in [-0.2, 0) is 16.6 Å². The molecule has 0 unspecified atom stereocenters. The van der Waals surface area contributed by atoms with Gasteiger partial charge in [-0.2, -0.15) is 4.98 Å². The highest BCUT2D eigenvalue weighted by Crippen LogP contribution is 2.32. The van der Waals surface area contributed by atoms with Gasteiger partial charge in [0.1, 0.15) is 0 Å². The van der Waals surface area contributed by atoms with E-state index in [0.717, 1.165) is 25.8 Å². The monoisotopic (exact) mass is 342 g/mol. The molecule has 1 saturated heterocycles. The number of amides is 1. The second-order valence-corrected chi connectivity index (χ2v) is 7.64. The van der Waals surface area contributed by atoms with Crippen molar-refractivity contribution in [2.75, 3.05) is 6.54 Å². The first-order chi connectivity index (χ1) is 11.9. The van der Waals surface area contributed by atoms with Crippen LogP contribution in [0, 0.1) is 0 Å². The second-order valence-electron chi connectivity index (χ2n) is 7.64. The van der Waals surface area contributed by atoms with Crippen LogP contribution in [-0.4, -0.2) is 32.5 Å². The first-order valence-electron chi connectivity index (χ1n) is 8.97. The third-order valence-corrected chi connectivity index (χ3v) is 4.58. The lowest BCUT2D eigenvalue weighted by atomic mass is 9.96. The van der Waals surface area contributed by atoms with Gasteiger partial charge in [0.15, 0.2) is 5.82 Å². The Bertz CT molecular complexity index is 706. The van der Waals surface area contributed by atoms with Crippen LogP contribution in [0.15, 0.2) is 29.0 Å². The fourth-order valence-electron chi connectivity index (χ4n) is 3.19. The molecule has 2 aromatic rings. The van der Waals surface area contributed by atoms with E-state index in [9.17, 15) is 4.79 Å². The van der Waals surface area contributed by atoms with Gasteiger partial charge < -0.3 is 9.42 Å². The van der Waals surface area contributed by atoms with Gasteiger partial charge in [-0.25, -0.2) is 0 Å². The maximum atomic E-state index is 12.6. The SMILES string of the molecule is CC(C)(C)c1noc(CCCC(=O)N2CCC[C@@H]2c2ccncc2)n1. The molecule has 134 valence electrons. The highest BCUT2D eigenvalue weighted by atomic mass is 16.5. The van der Waals surface area contributed by atoms with Crippen LogP contribution in [0.5, 0.6) is 0 Å². The predicted molar refractivity (Wildman–Crippen MR) is 93.9 cm³/mol. The Morgan fingerprint density at radius 3 is 2.76 bits per heavy atom. The molecular weight excluding hydrogens is 316 g/mol. The van der Waals surface area contributed by atoms with Gasteiger partial charge >= 0.3 is 0 Å². The molecule has 0 radical (unpaired) electrons. The lowest BCUT2D eigenvalue weighted by Gasteiger charge is -2.25. The molecule has 1 aliphatic rings. The number of aryl methyl sites for hydroxylation is 1. The minimum absolute atomic E-state index is 0.120. The molecule has 2 aromatic heterocycles. The summed E-state index contributed by atoms with van der Waals surface area (Å²) in [4.78, 5) is 23.1. The largest absolute Gasteiger partial charge is 0.339 e. The fraction of sp³-hybridized carbons (Fsp3) is 0.579. The summed E-state index contributed by atoms with van der Waals surface area (Å²) in [7, 11) is 0. The van der Waals surface area contributed by atoms with E-state index >= 15 is 0 Å². The third-order valence-electron chi connectivity index (χ3n) is 4.58. The van der Waals surface area contributed by atoms with Crippen LogP contribution < -0.4 is 0 Å². The van der Waals surface area contributed by atoms with E-state index in [1.807, 2.05) is 17.0 Å². The number of rotatable bonds is 5. The van der Waals surface area contributed by atoms with Crippen LogP contribution in [0.3, 0.4) is 0 Å². The Morgan fingerprint density at radius 2 is 2.08 bits per heavy atom. The van der Waals surface area contributed by atoms with Gasteiger partial charge in [0.25, 0.3) is 0 Å². The van der Waals surface area contributed by atoms with Crippen LogP contribution in [0.25, 0.3) is 0 Å². The van der Waals surface area contributed by atoms with Gasteiger partial charge in [-0.05, 0) is 37.0 Å². The first-order valence-corrected chi connectivity index (χ1v) is 8.97. The first kappa shape index (κ1) is 17.6. The lowest BCUT2D eigenvalue weighted by molar-refractivity contribution is -0.132. The normalized spacial score (nSPS) is 17.9. The summed E-state index contributed by atoms with van der Waals surface area (Å²) < 4.78 is 5.30. The summed E-state index contributed by atoms with van der Waals surface area (Å²) in [5.74, 6) is 1.53. The molecule has 1 atom stereocenters. The van der Waals surface area contributed by atoms with E-state index in [1.54, 1.807) is 12.4 Å². The summed E-state index contributed by atoms with van der Waals surface area (Å²) in [5, 5.41) is 4.03. The van der Waals surface area contributed by atoms with Gasteiger partial charge in [-0.3, -0.25) is 9.78 Å². The number of hydrogen-bond donors (Lipinski definition) is 0. The Balaban J connectivity index is 1.53. The topological polar surface area (TPSA) is 72.1 Å². The summed E-state index contributed by atoms with van der Waals surface area (Å²) in [6.07, 6.45) is 7.53. The van der Waals surface area contributed by atoms with Crippen molar-refractivity contribution in [2.45, 2.75) is 64.3 Å². The molecule has 0 bridgehead atoms. The zero-order valence-corrected chi connectivity index (χ0v) is 15.2. The lowest BCUT2D eigenvalue weighted by Crippen LogP contribution is -2.30. The summed E-state index contributed by atoms with van der Waals surface area (Å²) in [6, 6.07) is 4.19. The van der Waals surface area contributed by atoms with Crippen molar-refractivity contribution in [2.24, 2.45) is 0 Å². The van der Waals surface area contributed by atoms with Crippen LogP contribution in [0.2, 0.25) is 0 Å². The van der Waals surface area contributed by atoms with Crippen molar-refractivity contribution in [3.8, 4) is 0 Å². The molecule has 6 heteroatoms. The Hall–Kier alpha value is -2.24. The van der Waals surface area contributed by atoms with E-state index in [1.165, 1.54) is 5.56 Å². The zero-order chi connectivity index (χ0) is 17.9. The summed E-state index contributed by atoms with van der Waals surface area (Å²) >= 11 is 0. The van der Waals surface area contributed by atoms with Gasteiger partial charge in [0, 0.05) is 37.2 Å². The van der Waals surface area contributed by atoms with Crippen LogP contribution in [0.4, 0.5) is 0 Å². The zero-order valence-electron chi connectivity index (χ0n) is 15.2. The van der Waals surface area contributed by atoms with E-state index in [4.69, 9.17) is 4.52 Å². The molecule has 0 aliphatic carbocycles. The second kappa shape index (κ2) is 7.33.